The fourth-order valence-corrected chi connectivity index (χ4v) is 2.07. The molecule has 2 N–H and O–H groups in total. The van der Waals surface area contributed by atoms with Gasteiger partial charge in [0, 0.05) is 30.9 Å². The normalized spacial score (nSPS) is 16.5. The van der Waals surface area contributed by atoms with Gasteiger partial charge in [0.2, 0.25) is 5.91 Å². The van der Waals surface area contributed by atoms with E-state index in [0.717, 1.165) is 0 Å². The molecule has 1 fully saturated rings. The summed E-state index contributed by atoms with van der Waals surface area (Å²) in [6.45, 7) is 6.90. The fraction of sp³-hybridized carbons (Fsp3) is 0.583. The minimum absolute atomic E-state index is 0.0984. The number of imidazole rings is 1. The first-order valence-corrected chi connectivity index (χ1v) is 5.92. The highest BCUT2D eigenvalue weighted by Crippen LogP contribution is 2.27. The molecule has 0 atom stereocenters. The van der Waals surface area contributed by atoms with Gasteiger partial charge in [-0.25, -0.2) is 4.98 Å². The number of amides is 2. The molecule has 0 spiro atoms. The van der Waals surface area contributed by atoms with Crippen molar-refractivity contribution in [2.24, 2.45) is 11.1 Å². The lowest BCUT2D eigenvalue weighted by Crippen LogP contribution is -2.54. The van der Waals surface area contributed by atoms with E-state index in [0.29, 0.717) is 13.1 Å². The number of rotatable bonds is 2. The van der Waals surface area contributed by atoms with Crippen LogP contribution in [0.15, 0.2) is 12.4 Å². The first kappa shape index (κ1) is 12.6. The van der Waals surface area contributed by atoms with Gasteiger partial charge in [-0.15, -0.1) is 0 Å². The van der Waals surface area contributed by atoms with Crippen LogP contribution in [-0.4, -0.2) is 39.4 Å². The lowest BCUT2D eigenvalue weighted by Gasteiger charge is -2.43. The maximum absolute atomic E-state index is 12.0. The molecule has 0 bridgehead atoms. The molecule has 1 aliphatic rings. The van der Waals surface area contributed by atoms with Crippen molar-refractivity contribution in [3.63, 3.8) is 0 Å². The average Bonchev–Trinajstić information content (AvgIpc) is 2.62. The highest BCUT2D eigenvalue weighted by atomic mass is 16.2. The summed E-state index contributed by atoms with van der Waals surface area (Å²) < 4.78 is 1.74. The number of carbonyl (C=O) groups excluding carboxylic acids is 2. The van der Waals surface area contributed by atoms with Crippen molar-refractivity contribution in [3.05, 3.63) is 18.2 Å². The van der Waals surface area contributed by atoms with Gasteiger partial charge in [-0.05, 0) is 0 Å². The monoisotopic (exact) mass is 250 g/mol. The van der Waals surface area contributed by atoms with Gasteiger partial charge in [-0.3, -0.25) is 9.59 Å². The summed E-state index contributed by atoms with van der Waals surface area (Å²) in [6.07, 6.45) is 3.28. The first-order chi connectivity index (χ1) is 8.30. The van der Waals surface area contributed by atoms with Crippen molar-refractivity contribution in [1.29, 1.82) is 0 Å². The Hall–Kier alpha value is -1.85. The van der Waals surface area contributed by atoms with Crippen LogP contribution in [0, 0.1) is 5.41 Å². The van der Waals surface area contributed by atoms with E-state index in [2.05, 4.69) is 4.98 Å². The van der Waals surface area contributed by atoms with E-state index in [9.17, 15) is 9.59 Å². The molecule has 2 rings (SSSR count). The third kappa shape index (κ3) is 2.10. The molecule has 0 unspecified atom stereocenters. The summed E-state index contributed by atoms with van der Waals surface area (Å²) in [5.74, 6) is -0.164. The molecule has 6 heteroatoms. The zero-order valence-electron chi connectivity index (χ0n) is 10.9. The van der Waals surface area contributed by atoms with Crippen molar-refractivity contribution >= 4 is 11.8 Å². The zero-order valence-corrected chi connectivity index (χ0v) is 10.9. The molecule has 0 aliphatic carbocycles. The molecular weight excluding hydrogens is 232 g/mol. The molecule has 18 heavy (non-hydrogen) atoms. The van der Waals surface area contributed by atoms with Gasteiger partial charge in [0.05, 0.1) is 6.04 Å². The second-order valence-electron chi connectivity index (χ2n) is 5.64. The van der Waals surface area contributed by atoms with Gasteiger partial charge in [0.25, 0.3) is 5.91 Å². The summed E-state index contributed by atoms with van der Waals surface area (Å²) in [5, 5.41) is 0. The molecule has 0 saturated carbocycles. The van der Waals surface area contributed by atoms with Crippen molar-refractivity contribution in [2.75, 3.05) is 13.1 Å². The van der Waals surface area contributed by atoms with Crippen molar-refractivity contribution in [1.82, 2.24) is 14.5 Å². The Balaban J connectivity index is 2.03. The van der Waals surface area contributed by atoms with Gasteiger partial charge >= 0.3 is 0 Å². The average molecular weight is 250 g/mol. The van der Waals surface area contributed by atoms with Gasteiger partial charge < -0.3 is 15.2 Å². The van der Waals surface area contributed by atoms with Crippen LogP contribution in [0.25, 0.3) is 0 Å². The second-order valence-corrected chi connectivity index (χ2v) is 5.64. The van der Waals surface area contributed by atoms with E-state index in [-0.39, 0.29) is 23.2 Å². The number of aromatic nitrogens is 2. The SMILES string of the molecule is CC(C)(C)C(=O)N1CC(n2ccnc2C(N)=O)C1. The fourth-order valence-electron chi connectivity index (χ4n) is 2.07. The molecular formula is C12H18N4O2. The van der Waals surface area contributed by atoms with Crippen LogP contribution in [0.5, 0.6) is 0 Å². The predicted octanol–water partition coefficient (Wildman–Crippen LogP) is 0.411. The van der Waals surface area contributed by atoms with Gasteiger partial charge in [-0.2, -0.15) is 0 Å². The first-order valence-electron chi connectivity index (χ1n) is 5.92. The lowest BCUT2D eigenvalue weighted by atomic mass is 9.92. The molecule has 1 aliphatic heterocycles. The number of primary amides is 1. The lowest BCUT2D eigenvalue weighted by molar-refractivity contribution is -0.145. The number of nitrogens with zero attached hydrogens (tertiary/aromatic N) is 3. The van der Waals surface area contributed by atoms with Gasteiger partial charge in [-0.1, -0.05) is 20.8 Å². The number of carbonyl (C=O) groups is 2. The molecule has 1 aromatic heterocycles. The molecule has 6 nitrogen and oxygen atoms in total. The van der Waals surface area contributed by atoms with Crippen molar-refractivity contribution in [3.8, 4) is 0 Å². The minimum Gasteiger partial charge on any atom is -0.363 e. The largest absolute Gasteiger partial charge is 0.363 e. The Morgan fingerprint density at radius 2 is 2.00 bits per heavy atom. The van der Waals surface area contributed by atoms with Crippen LogP contribution >= 0.6 is 0 Å². The van der Waals surface area contributed by atoms with Crippen LogP contribution in [0.1, 0.15) is 37.4 Å². The Morgan fingerprint density at radius 3 is 2.50 bits per heavy atom. The van der Waals surface area contributed by atoms with Crippen LogP contribution in [0.4, 0.5) is 0 Å². The molecule has 0 radical (unpaired) electrons. The predicted molar refractivity (Wildman–Crippen MR) is 65.8 cm³/mol. The van der Waals surface area contributed by atoms with E-state index >= 15 is 0 Å². The van der Waals surface area contributed by atoms with Crippen LogP contribution in [-0.2, 0) is 4.79 Å². The molecule has 2 heterocycles. The highest BCUT2D eigenvalue weighted by molar-refractivity contribution is 5.89. The van der Waals surface area contributed by atoms with Gasteiger partial charge in [0.1, 0.15) is 0 Å². The van der Waals surface area contributed by atoms with Crippen molar-refractivity contribution in [2.45, 2.75) is 26.8 Å². The van der Waals surface area contributed by atoms with E-state index in [1.807, 2.05) is 20.8 Å². The van der Waals surface area contributed by atoms with Crippen molar-refractivity contribution < 1.29 is 9.59 Å². The molecule has 98 valence electrons. The highest BCUT2D eigenvalue weighted by Gasteiger charge is 2.37. The Morgan fingerprint density at radius 1 is 1.39 bits per heavy atom. The quantitative estimate of drug-likeness (QED) is 0.825. The number of nitrogens with two attached hydrogens (primary N) is 1. The molecule has 2 amide bonds. The van der Waals surface area contributed by atoms with Crippen LogP contribution < -0.4 is 5.73 Å². The topological polar surface area (TPSA) is 81.2 Å². The Labute approximate surface area is 106 Å². The third-order valence-corrected chi connectivity index (χ3v) is 3.07. The third-order valence-electron chi connectivity index (χ3n) is 3.07. The number of hydrogen-bond donors (Lipinski definition) is 1. The van der Waals surface area contributed by atoms with Gasteiger partial charge in [0.15, 0.2) is 5.82 Å². The Kier molecular flexibility index (Phi) is 2.88. The number of likely N-dealkylation sites (tertiary alicyclic amines) is 1. The Bertz CT molecular complexity index is 481. The molecule has 1 saturated heterocycles. The standard InChI is InChI=1S/C12H18N4O2/c1-12(2,3)11(18)15-6-8(7-15)16-5-4-14-10(16)9(13)17/h4-5,8H,6-7H2,1-3H3,(H2,13,17). The molecule has 0 aromatic carbocycles. The van der Waals surface area contributed by atoms with E-state index in [4.69, 9.17) is 5.73 Å². The number of hydrogen-bond acceptors (Lipinski definition) is 3. The van der Waals surface area contributed by atoms with Crippen LogP contribution in [0.2, 0.25) is 0 Å². The smallest absolute Gasteiger partial charge is 0.284 e. The molecule has 1 aromatic rings. The van der Waals surface area contributed by atoms with E-state index in [1.165, 1.54) is 0 Å². The zero-order chi connectivity index (χ0) is 13.5. The summed E-state index contributed by atoms with van der Waals surface area (Å²) in [6, 6.07) is 0.0984. The van der Waals surface area contributed by atoms with E-state index in [1.54, 1.807) is 21.9 Å². The summed E-state index contributed by atoms with van der Waals surface area (Å²) >= 11 is 0. The second kappa shape index (κ2) is 4.12. The summed E-state index contributed by atoms with van der Waals surface area (Å²) in [5.41, 5.74) is 4.87. The minimum atomic E-state index is -0.541. The maximum Gasteiger partial charge on any atom is 0.284 e. The van der Waals surface area contributed by atoms with Crippen LogP contribution in [0.3, 0.4) is 0 Å². The summed E-state index contributed by atoms with van der Waals surface area (Å²) in [4.78, 5) is 28.9. The summed E-state index contributed by atoms with van der Waals surface area (Å²) in [7, 11) is 0. The maximum atomic E-state index is 12.0. The van der Waals surface area contributed by atoms with E-state index < -0.39 is 5.91 Å².